The van der Waals surface area contributed by atoms with Gasteiger partial charge in [-0.05, 0) is 23.1 Å². The van der Waals surface area contributed by atoms with E-state index in [2.05, 4.69) is 20.6 Å². The number of aromatic nitrogens is 5. The molecule has 35 heavy (non-hydrogen) atoms. The number of hydrogen-bond acceptors (Lipinski definition) is 10. The zero-order valence-corrected chi connectivity index (χ0v) is 20.2. The van der Waals surface area contributed by atoms with Gasteiger partial charge >= 0.3 is 0 Å². The Bertz CT molecular complexity index is 1410. The average Bonchev–Trinajstić information content (AvgIpc) is 3.57. The van der Waals surface area contributed by atoms with Crippen molar-refractivity contribution in [3.8, 4) is 22.9 Å². The maximum absolute atomic E-state index is 5.48. The van der Waals surface area contributed by atoms with E-state index in [9.17, 15) is 0 Å². The van der Waals surface area contributed by atoms with Gasteiger partial charge in [0.25, 0.3) is 0 Å². The lowest BCUT2D eigenvalue weighted by Gasteiger charge is -2.15. The molecule has 4 aromatic heterocycles. The summed E-state index contributed by atoms with van der Waals surface area (Å²) in [5, 5.41) is 10.7. The molecular weight excluding hydrogens is 466 g/mol. The average molecular weight is 490 g/mol. The first kappa shape index (κ1) is 22.4. The SMILES string of the molecule is COc1cc(Nc2nc(NCc3cccnc3)c3ncn(-c4ccsc4)c3n2)cc(OC)c1OC. The number of rotatable bonds is 9. The van der Waals surface area contributed by atoms with Gasteiger partial charge in [-0.1, -0.05) is 6.07 Å². The fourth-order valence-electron chi connectivity index (χ4n) is 3.63. The van der Waals surface area contributed by atoms with Gasteiger partial charge < -0.3 is 24.8 Å². The molecule has 0 radical (unpaired) electrons. The fraction of sp³-hybridized carbons (Fsp3) is 0.167. The summed E-state index contributed by atoms with van der Waals surface area (Å²) in [5.74, 6) is 2.54. The number of fused-ring (bicyclic) bond motifs is 1. The minimum Gasteiger partial charge on any atom is -0.493 e. The van der Waals surface area contributed by atoms with E-state index in [4.69, 9.17) is 24.2 Å². The van der Waals surface area contributed by atoms with Crippen LogP contribution in [0.1, 0.15) is 5.56 Å². The number of benzene rings is 1. The van der Waals surface area contributed by atoms with Gasteiger partial charge in [0.2, 0.25) is 11.7 Å². The minimum absolute atomic E-state index is 0.387. The molecule has 0 saturated heterocycles. The monoisotopic (exact) mass is 489 g/mol. The highest BCUT2D eigenvalue weighted by molar-refractivity contribution is 7.08. The van der Waals surface area contributed by atoms with E-state index in [0.717, 1.165) is 11.3 Å². The first-order chi connectivity index (χ1) is 17.2. The first-order valence-corrected chi connectivity index (χ1v) is 11.6. The highest BCUT2D eigenvalue weighted by Gasteiger charge is 2.17. The standard InChI is InChI=1S/C24H23N7O3S/c1-32-18-9-16(10-19(33-2)21(18)34-3)28-24-29-22(26-12-15-5-4-7-25-11-15)20-23(30-24)31(14-27-20)17-6-8-35-13-17/h4-11,13-14H,12H2,1-3H3,(H2,26,28,29,30). The van der Waals surface area contributed by atoms with Crippen molar-refractivity contribution in [2.45, 2.75) is 6.54 Å². The number of anilines is 3. The Balaban J connectivity index is 1.56. The number of nitrogens with one attached hydrogen (secondary N) is 2. The molecule has 0 amide bonds. The molecule has 5 aromatic rings. The molecule has 4 heterocycles. The fourth-order valence-corrected chi connectivity index (χ4v) is 4.26. The molecule has 11 heteroatoms. The van der Waals surface area contributed by atoms with Crippen LogP contribution in [0.5, 0.6) is 17.2 Å². The van der Waals surface area contributed by atoms with Crippen LogP contribution in [0.4, 0.5) is 17.5 Å². The van der Waals surface area contributed by atoms with Gasteiger partial charge in [-0.2, -0.15) is 21.3 Å². The number of hydrogen-bond donors (Lipinski definition) is 2. The Labute approximate surface area is 205 Å². The van der Waals surface area contributed by atoms with Crippen LogP contribution in [0.2, 0.25) is 0 Å². The summed E-state index contributed by atoms with van der Waals surface area (Å²) in [5.41, 5.74) is 4.01. The van der Waals surface area contributed by atoms with Crippen LogP contribution < -0.4 is 24.8 Å². The minimum atomic E-state index is 0.387. The summed E-state index contributed by atoms with van der Waals surface area (Å²) in [6, 6.07) is 9.51. The molecule has 0 unspecified atom stereocenters. The number of ether oxygens (including phenoxy) is 3. The molecule has 0 atom stereocenters. The molecule has 10 nitrogen and oxygen atoms in total. The van der Waals surface area contributed by atoms with E-state index in [1.807, 2.05) is 39.7 Å². The van der Waals surface area contributed by atoms with Gasteiger partial charge in [0.1, 0.15) is 6.33 Å². The van der Waals surface area contributed by atoms with Gasteiger partial charge in [-0.3, -0.25) is 9.55 Å². The molecule has 1 aromatic carbocycles. The number of pyridine rings is 1. The van der Waals surface area contributed by atoms with Crippen molar-refractivity contribution in [3.05, 3.63) is 65.4 Å². The van der Waals surface area contributed by atoms with Crippen LogP contribution in [0.15, 0.2) is 59.8 Å². The van der Waals surface area contributed by atoms with Gasteiger partial charge in [-0.15, -0.1) is 0 Å². The van der Waals surface area contributed by atoms with Crippen molar-refractivity contribution in [2.75, 3.05) is 32.0 Å². The summed E-state index contributed by atoms with van der Waals surface area (Å²) in [6.45, 7) is 0.537. The van der Waals surface area contributed by atoms with Crippen molar-refractivity contribution in [2.24, 2.45) is 0 Å². The Morgan fingerprint density at radius 1 is 1.03 bits per heavy atom. The molecule has 0 aliphatic carbocycles. The molecule has 5 rings (SSSR count). The van der Waals surface area contributed by atoms with Crippen molar-refractivity contribution < 1.29 is 14.2 Å². The summed E-state index contributed by atoms with van der Waals surface area (Å²) >= 11 is 1.61. The molecule has 0 aliphatic rings. The van der Waals surface area contributed by atoms with Crippen molar-refractivity contribution in [1.82, 2.24) is 24.5 Å². The van der Waals surface area contributed by atoms with Gasteiger partial charge in [0.15, 0.2) is 28.5 Å². The largest absolute Gasteiger partial charge is 0.493 e. The van der Waals surface area contributed by atoms with Crippen LogP contribution in [-0.2, 0) is 6.54 Å². The Kier molecular flexibility index (Phi) is 6.31. The van der Waals surface area contributed by atoms with E-state index >= 15 is 0 Å². The molecule has 178 valence electrons. The molecule has 0 bridgehead atoms. The smallest absolute Gasteiger partial charge is 0.231 e. The predicted molar refractivity (Wildman–Crippen MR) is 135 cm³/mol. The van der Waals surface area contributed by atoms with E-state index in [0.29, 0.717) is 52.4 Å². The second-order valence-electron chi connectivity index (χ2n) is 7.42. The van der Waals surface area contributed by atoms with E-state index in [-0.39, 0.29) is 0 Å². The highest BCUT2D eigenvalue weighted by atomic mass is 32.1. The predicted octanol–water partition coefficient (Wildman–Crippen LogP) is 4.65. The number of thiophene rings is 1. The Morgan fingerprint density at radius 3 is 2.51 bits per heavy atom. The zero-order valence-electron chi connectivity index (χ0n) is 19.3. The molecular formula is C24H23N7O3S. The quantitative estimate of drug-likeness (QED) is 0.306. The highest BCUT2D eigenvalue weighted by Crippen LogP contribution is 2.40. The number of methoxy groups -OCH3 is 3. The second kappa shape index (κ2) is 9.85. The maximum atomic E-state index is 5.48. The zero-order chi connectivity index (χ0) is 24.2. The lowest BCUT2D eigenvalue weighted by Crippen LogP contribution is -2.07. The van der Waals surface area contributed by atoms with E-state index < -0.39 is 0 Å². The van der Waals surface area contributed by atoms with Crippen molar-refractivity contribution in [3.63, 3.8) is 0 Å². The molecule has 0 saturated carbocycles. The number of imidazole rings is 1. The maximum Gasteiger partial charge on any atom is 0.231 e. The first-order valence-electron chi connectivity index (χ1n) is 10.7. The molecule has 0 aliphatic heterocycles. The van der Waals surface area contributed by atoms with Gasteiger partial charge in [0, 0.05) is 42.1 Å². The third kappa shape index (κ3) is 4.53. The third-order valence-electron chi connectivity index (χ3n) is 5.28. The van der Waals surface area contributed by atoms with Gasteiger partial charge in [0.05, 0.1) is 27.0 Å². The van der Waals surface area contributed by atoms with E-state index in [1.54, 1.807) is 57.3 Å². The van der Waals surface area contributed by atoms with Crippen molar-refractivity contribution in [1.29, 1.82) is 0 Å². The Morgan fingerprint density at radius 2 is 1.86 bits per heavy atom. The summed E-state index contributed by atoms with van der Waals surface area (Å²) < 4.78 is 18.3. The third-order valence-corrected chi connectivity index (χ3v) is 5.95. The summed E-state index contributed by atoms with van der Waals surface area (Å²) in [4.78, 5) is 18.3. The van der Waals surface area contributed by atoms with Crippen LogP contribution in [0.25, 0.3) is 16.9 Å². The van der Waals surface area contributed by atoms with Gasteiger partial charge in [-0.25, -0.2) is 4.98 Å². The van der Waals surface area contributed by atoms with E-state index in [1.165, 1.54) is 0 Å². The topological polar surface area (TPSA) is 108 Å². The van der Waals surface area contributed by atoms with Crippen LogP contribution in [0, 0.1) is 0 Å². The summed E-state index contributed by atoms with van der Waals surface area (Å²) in [6.07, 6.45) is 5.30. The molecule has 2 N–H and O–H groups in total. The van der Waals surface area contributed by atoms with Crippen LogP contribution in [0.3, 0.4) is 0 Å². The lowest BCUT2D eigenvalue weighted by molar-refractivity contribution is 0.324. The Hall–Kier alpha value is -4.38. The van der Waals surface area contributed by atoms with Crippen molar-refractivity contribution >= 4 is 40.0 Å². The molecule has 0 spiro atoms. The second-order valence-corrected chi connectivity index (χ2v) is 8.20. The lowest BCUT2D eigenvalue weighted by atomic mass is 10.2. The summed E-state index contributed by atoms with van der Waals surface area (Å²) in [7, 11) is 4.71. The number of nitrogens with zero attached hydrogens (tertiary/aromatic N) is 5. The van der Waals surface area contributed by atoms with Crippen LogP contribution >= 0.6 is 11.3 Å². The molecule has 0 fully saturated rings. The van der Waals surface area contributed by atoms with Crippen LogP contribution in [-0.4, -0.2) is 45.8 Å². The normalized spacial score (nSPS) is 10.8.